The number of hydrogen-bond acceptors (Lipinski definition) is 1. The molecule has 0 aliphatic rings. The second kappa shape index (κ2) is 16.7. The van der Waals surface area contributed by atoms with Gasteiger partial charge in [-0.3, -0.25) is 0 Å². The van der Waals surface area contributed by atoms with Crippen molar-refractivity contribution in [3.05, 3.63) is 120 Å². The van der Waals surface area contributed by atoms with Gasteiger partial charge in [0, 0.05) is 64.9 Å². The summed E-state index contributed by atoms with van der Waals surface area (Å²) in [5, 5.41) is 3.89. The van der Waals surface area contributed by atoms with E-state index >= 15 is 0 Å². The van der Waals surface area contributed by atoms with E-state index < -0.39 is 0 Å². The van der Waals surface area contributed by atoms with Crippen LogP contribution in [0.4, 0.5) is 0 Å². The maximum atomic E-state index is 5.26. The Bertz CT molecular complexity index is 1970. The molecule has 0 atom stereocenters. The topological polar surface area (TPSA) is 20.9 Å². The molecular weight excluding hydrogens is 587 g/mol. The lowest BCUT2D eigenvalue weighted by molar-refractivity contribution is -0.676. The average Bonchev–Trinajstić information content (AvgIpc) is 3.09. The Balaban J connectivity index is 0.000000163. The quantitative estimate of drug-likeness (QED) is 0.159. The van der Waals surface area contributed by atoms with Crippen molar-refractivity contribution in [3.8, 4) is 5.75 Å². The summed E-state index contributed by atoms with van der Waals surface area (Å²) in [7, 11) is 1.71. The van der Waals surface area contributed by atoms with E-state index in [4.69, 9.17) is 4.74 Å². The minimum Gasteiger partial charge on any atom is -0.497 e. The zero-order valence-corrected chi connectivity index (χ0v) is 31.3. The first-order valence-corrected chi connectivity index (χ1v) is 17.9. The molecule has 6 rings (SSSR count). The van der Waals surface area contributed by atoms with E-state index in [1.54, 1.807) is 7.11 Å². The van der Waals surface area contributed by atoms with Gasteiger partial charge in [0.1, 0.15) is 25.4 Å². The Labute approximate surface area is 289 Å². The number of pyridine rings is 3. The molecule has 6 aromatic rings. The first-order chi connectivity index (χ1) is 23.0. The average molecular weight is 645 g/mol. The lowest BCUT2D eigenvalue weighted by atomic mass is 10.1. The smallest absolute Gasteiger partial charge is 0.212 e. The van der Waals surface area contributed by atoms with Crippen LogP contribution in [0.25, 0.3) is 32.7 Å². The molecule has 0 unspecified atom stereocenters. The van der Waals surface area contributed by atoms with Crippen LogP contribution >= 0.6 is 0 Å². The fourth-order valence-electron chi connectivity index (χ4n) is 6.75. The third-order valence-corrected chi connectivity index (χ3v) is 9.19. The van der Waals surface area contributed by atoms with E-state index in [2.05, 4.69) is 174 Å². The molecule has 0 fully saturated rings. The Morgan fingerprint density at radius 3 is 1.35 bits per heavy atom. The number of hydrogen-bond donors (Lipinski definition) is 0. The molecule has 48 heavy (non-hydrogen) atoms. The standard InChI is InChI=1S/C15H20NO.C15H20N.C14H18N/c1-5-16-14(11(2)3)8-6-12-10-13(17-4)7-9-15(12)16;1-5-16-14(11(2)3)9-7-13-10-12(4)6-8-15(13)16;1-4-15-13(11(2)3)10-9-12-7-5-6-8-14(12)15/h6-11H,5H2,1-4H3;6-11H,5H2,1-4H3;5-11H,4H2,1-3H3/q3*+1. The third-order valence-electron chi connectivity index (χ3n) is 9.19. The number of aryl methyl sites for hydroxylation is 4. The van der Waals surface area contributed by atoms with Crippen LogP contribution in [0.3, 0.4) is 0 Å². The van der Waals surface area contributed by atoms with Crippen LogP contribution in [0.1, 0.15) is 103 Å². The minimum atomic E-state index is 0.543. The van der Waals surface area contributed by atoms with Gasteiger partial charge < -0.3 is 4.74 Å². The number of fused-ring (bicyclic) bond motifs is 3. The van der Waals surface area contributed by atoms with Crippen LogP contribution in [0.5, 0.6) is 5.75 Å². The van der Waals surface area contributed by atoms with E-state index in [9.17, 15) is 0 Å². The second-order valence-electron chi connectivity index (χ2n) is 13.5. The molecule has 0 N–H and O–H groups in total. The third kappa shape index (κ3) is 8.21. The fraction of sp³-hybridized carbons (Fsp3) is 0.386. The van der Waals surface area contributed by atoms with Gasteiger partial charge in [-0.15, -0.1) is 0 Å². The van der Waals surface area contributed by atoms with Crippen LogP contribution in [0.2, 0.25) is 0 Å². The Morgan fingerprint density at radius 2 is 0.896 bits per heavy atom. The van der Waals surface area contributed by atoms with Crippen LogP contribution < -0.4 is 18.4 Å². The van der Waals surface area contributed by atoms with Crippen molar-refractivity contribution in [3.63, 3.8) is 0 Å². The van der Waals surface area contributed by atoms with Crippen LogP contribution in [-0.4, -0.2) is 7.11 Å². The van der Waals surface area contributed by atoms with E-state index in [1.807, 2.05) is 6.07 Å². The Hall–Kier alpha value is -4.31. The molecule has 3 aromatic heterocycles. The predicted octanol–water partition coefficient (Wildman–Crippen LogP) is 10.1. The number of methoxy groups -OCH3 is 1. The summed E-state index contributed by atoms with van der Waals surface area (Å²) in [6.45, 7) is 25.3. The molecule has 0 radical (unpaired) electrons. The highest BCUT2D eigenvalue weighted by Crippen LogP contribution is 2.21. The molecule has 0 aliphatic carbocycles. The predicted molar refractivity (Wildman–Crippen MR) is 203 cm³/mol. The van der Waals surface area contributed by atoms with Gasteiger partial charge >= 0.3 is 0 Å². The maximum Gasteiger partial charge on any atom is 0.212 e. The molecule has 3 aromatic carbocycles. The zero-order chi connectivity index (χ0) is 35.0. The lowest BCUT2D eigenvalue weighted by Crippen LogP contribution is -2.38. The van der Waals surface area contributed by atoms with Crippen molar-refractivity contribution in [1.29, 1.82) is 0 Å². The second-order valence-corrected chi connectivity index (χ2v) is 13.5. The number of para-hydroxylation sites is 1. The summed E-state index contributed by atoms with van der Waals surface area (Å²) in [4.78, 5) is 0. The van der Waals surface area contributed by atoms with Crippen molar-refractivity contribution < 1.29 is 18.4 Å². The highest BCUT2D eigenvalue weighted by Gasteiger charge is 2.19. The fourth-order valence-corrected chi connectivity index (χ4v) is 6.75. The summed E-state index contributed by atoms with van der Waals surface area (Å²) in [5.41, 5.74) is 9.50. The monoisotopic (exact) mass is 644 g/mol. The summed E-state index contributed by atoms with van der Waals surface area (Å²) < 4.78 is 12.5. The number of nitrogens with zero attached hydrogens (tertiary/aromatic N) is 3. The summed E-state index contributed by atoms with van der Waals surface area (Å²) in [5.74, 6) is 2.61. The van der Waals surface area contributed by atoms with Crippen molar-refractivity contribution in [2.24, 2.45) is 0 Å². The van der Waals surface area contributed by atoms with Crippen LogP contribution in [0, 0.1) is 6.92 Å². The van der Waals surface area contributed by atoms with Gasteiger partial charge in [0.25, 0.3) is 0 Å². The van der Waals surface area contributed by atoms with Gasteiger partial charge in [0.05, 0.1) is 12.5 Å². The molecule has 3 heterocycles. The summed E-state index contributed by atoms with van der Waals surface area (Å²) >= 11 is 0. The lowest BCUT2D eigenvalue weighted by Gasteiger charge is -2.09. The van der Waals surface area contributed by atoms with Gasteiger partial charge in [-0.2, -0.15) is 13.7 Å². The van der Waals surface area contributed by atoms with E-state index in [0.717, 1.165) is 25.4 Å². The normalized spacial score (nSPS) is 11.2. The number of ether oxygens (including phenoxy) is 1. The van der Waals surface area contributed by atoms with Crippen molar-refractivity contribution in [1.82, 2.24) is 0 Å². The molecule has 4 nitrogen and oxygen atoms in total. The Kier molecular flexibility index (Phi) is 12.7. The van der Waals surface area contributed by atoms with Crippen LogP contribution in [-0.2, 0) is 19.6 Å². The number of benzene rings is 3. The molecule has 0 saturated carbocycles. The molecule has 0 bridgehead atoms. The van der Waals surface area contributed by atoms with Crippen molar-refractivity contribution in [2.45, 2.75) is 107 Å². The molecule has 0 spiro atoms. The summed E-state index contributed by atoms with van der Waals surface area (Å²) in [6.07, 6.45) is 0. The van der Waals surface area contributed by atoms with E-state index in [-0.39, 0.29) is 0 Å². The molecule has 4 heteroatoms. The molecule has 0 aliphatic heterocycles. The van der Waals surface area contributed by atoms with Gasteiger partial charge in [-0.1, -0.05) is 65.3 Å². The summed E-state index contributed by atoms with van der Waals surface area (Å²) in [6, 6.07) is 34.9. The largest absolute Gasteiger partial charge is 0.497 e. The van der Waals surface area contributed by atoms with E-state index in [0.29, 0.717) is 17.8 Å². The van der Waals surface area contributed by atoms with E-state index in [1.165, 1.54) is 55.4 Å². The maximum absolute atomic E-state index is 5.26. The van der Waals surface area contributed by atoms with Crippen molar-refractivity contribution >= 4 is 32.7 Å². The van der Waals surface area contributed by atoms with Gasteiger partial charge in [0.15, 0.2) is 17.1 Å². The first kappa shape index (κ1) is 36.5. The van der Waals surface area contributed by atoms with Gasteiger partial charge in [-0.25, -0.2) is 0 Å². The number of rotatable bonds is 7. The highest BCUT2D eigenvalue weighted by atomic mass is 16.5. The SMILES string of the molecule is CC[n+]1c(C(C)C)ccc2cc(C)ccc21.CC[n+]1c(C(C)C)ccc2cc(OC)ccc21.CC[n+]1c(C(C)C)ccc2ccccc21. The van der Waals surface area contributed by atoms with Crippen LogP contribution in [0.15, 0.2) is 97.1 Å². The van der Waals surface area contributed by atoms with Crippen molar-refractivity contribution in [2.75, 3.05) is 7.11 Å². The molecule has 252 valence electrons. The molecular formula is C44H58N3O+3. The van der Waals surface area contributed by atoms with Gasteiger partial charge in [0.2, 0.25) is 16.6 Å². The first-order valence-electron chi connectivity index (χ1n) is 17.9. The molecule has 0 amide bonds. The Morgan fingerprint density at radius 1 is 0.479 bits per heavy atom. The zero-order valence-electron chi connectivity index (χ0n) is 31.3. The minimum absolute atomic E-state index is 0.543. The van der Waals surface area contributed by atoms with Gasteiger partial charge in [-0.05, 0) is 70.2 Å². The molecule has 0 saturated heterocycles. The highest BCUT2D eigenvalue weighted by molar-refractivity contribution is 5.78. The number of aromatic nitrogens is 3.